The monoisotopic (exact) mass is 363 g/mol. The van der Waals surface area contributed by atoms with Crippen molar-refractivity contribution in [2.45, 2.75) is 17.9 Å². The summed E-state index contributed by atoms with van der Waals surface area (Å²) in [5.41, 5.74) is 0.851. The van der Waals surface area contributed by atoms with Gasteiger partial charge < -0.3 is 4.74 Å². The van der Waals surface area contributed by atoms with E-state index in [-0.39, 0.29) is 30.0 Å². The lowest BCUT2D eigenvalue weighted by atomic mass is 10.2. The largest absolute Gasteiger partial charge is 0.471 e. The van der Waals surface area contributed by atoms with Crippen LogP contribution in [0.3, 0.4) is 0 Å². The summed E-state index contributed by atoms with van der Waals surface area (Å²) in [4.78, 5) is 4.21. The van der Waals surface area contributed by atoms with E-state index in [9.17, 15) is 8.42 Å². The molecule has 0 unspecified atom stereocenters. The Morgan fingerprint density at radius 1 is 1.33 bits per heavy atom. The molecule has 0 bridgehead atoms. The van der Waals surface area contributed by atoms with E-state index < -0.39 is 10.0 Å². The molecule has 1 aromatic carbocycles. The SMILES string of the molecule is Cc1c(Cl)cccc1S(=O)(=O)N1CC(Oc2ncccc2C#N)C1. The van der Waals surface area contributed by atoms with Gasteiger partial charge in [0.15, 0.2) is 0 Å². The van der Waals surface area contributed by atoms with Crippen molar-refractivity contribution in [3.8, 4) is 11.9 Å². The van der Waals surface area contributed by atoms with Gasteiger partial charge in [0.05, 0.1) is 18.0 Å². The highest BCUT2D eigenvalue weighted by atomic mass is 35.5. The van der Waals surface area contributed by atoms with Crippen LogP contribution in [0, 0.1) is 18.3 Å². The summed E-state index contributed by atoms with van der Waals surface area (Å²) in [7, 11) is -3.61. The minimum Gasteiger partial charge on any atom is -0.471 e. The van der Waals surface area contributed by atoms with Crippen molar-refractivity contribution < 1.29 is 13.2 Å². The Hall–Kier alpha value is -2.14. The van der Waals surface area contributed by atoms with Crippen molar-refractivity contribution in [2.24, 2.45) is 0 Å². The van der Waals surface area contributed by atoms with Gasteiger partial charge in [0.1, 0.15) is 17.7 Å². The fraction of sp³-hybridized carbons (Fsp3) is 0.250. The van der Waals surface area contributed by atoms with Gasteiger partial charge in [-0.2, -0.15) is 9.57 Å². The number of nitriles is 1. The van der Waals surface area contributed by atoms with Crippen LogP contribution in [0.25, 0.3) is 0 Å². The normalized spacial score (nSPS) is 15.5. The number of ether oxygens (including phenoxy) is 1. The molecule has 1 aromatic heterocycles. The lowest BCUT2D eigenvalue weighted by Gasteiger charge is -2.37. The maximum atomic E-state index is 12.7. The molecule has 0 aliphatic carbocycles. The average molecular weight is 364 g/mol. The highest BCUT2D eigenvalue weighted by molar-refractivity contribution is 7.89. The first-order valence-electron chi connectivity index (χ1n) is 7.20. The van der Waals surface area contributed by atoms with Gasteiger partial charge in [-0.15, -0.1) is 0 Å². The number of hydrogen-bond donors (Lipinski definition) is 0. The Kier molecular flexibility index (Phi) is 4.45. The molecule has 0 N–H and O–H groups in total. The van der Waals surface area contributed by atoms with Crippen LogP contribution >= 0.6 is 11.6 Å². The Labute approximate surface area is 145 Å². The molecule has 0 atom stereocenters. The quantitative estimate of drug-likeness (QED) is 0.832. The third-order valence-corrected chi connectivity index (χ3v) is 6.21. The van der Waals surface area contributed by atoms with Crippen LogP contribution in [0.15, 0.2) is 41.4 Å². The Bertz CT molecular complexity index is 918. The lowest BCUT2D eigenvalue weighted by Crippen LogP contribution is -2.56. The first-order chi connectivity index (χ1) is 11.4. The number of aromatic nitrogens is 1. The van der Waals surface area contributed by atoms with Crippen LogP contribution in [0.1, 0.15) is 11.1 Å². The summed E-state index contributed by atoms with van der Waals surface area (Å²) in [5, 5.41) is 9.43. The molecule has 124 valence electrons. The van der Waals surface area contributed by atoms with Gasteiger partial charge in [0, 0.05) is 11.2 Å². The van der Waals surface area contributed by atoms with E-state index in [1.54, 1.807) is 31.2 Å². The number of pyridine rings is 1. The maximum absolute atomic E-state index is 12.7. The maximum Gasteiger partial charge on any atom is 0.243 e. The molecule has 0 radical (unpaired) electrons. The predicted molar refractivity (Wildman–Crippen MR) is 88.3 cm³/mol. The van der Waals surface area contributed by atoms with Gasteiger partial charge in [-0.25, -0.2) is 13.4 Å². The third-order valence-electron chi connectivity index (χ3n) is 3.82. The van der Waals surface area contributed by atoms with Crippen molar-refractivity contribution in [1.82, 2.24) is 9.29 Å². The molecular weight excluding hydrogens is 350 g/mol. The van der Waals surface area contributed by atoms with Crippen molar-refractivity contribution in [2.75, 3.05) is 13.1 Å². The van der Waals surface area contributed by atoms with E-state index in [0.29, 0.717) is 16.1 Å². The first kappa shape index (κ1) is 16.7. The van der Waals surface area contributed by atoms with Crippen LogP contribution in [0.5, 0.6) is 5.88 Å². The summed E-state index contributed by atoms with van der Waals surface area (Å²) >= 11 is 6.01. The van der Waals surface area contributed by atoms with Crippen LogP contribution in [-0.4, -0.2) is 36.9 Å². The molecule has 0 amide bonds. The van der Waals surface area contributed by atoms with Crippen LogP contribution < -0.4 is 4.74 Å². The van der Waals surface area contributed by atoms with E-state index in [1.807, 2.05) is 6.07 Å². The molecule has 2 heterocycles. The summed E-state index contributed by atoms with van der Waals surface area (Å²) in [6, 6.07) is 10.1. The second kappa shape index (κ2) is 6.40. The molecule has 8 heteroatoms. The second-order valence-electron chi connectivity index (χ2n) is 5.39. The van der Waals surface area contributed by atoms with E-state index >= 15 is 0 Å². The van der Waals surface area contributed by atoms with E-state index in [0.717, 1.165) is 0 Å². The van der Waals surface area contributed by atoms with Crippen molar-refractivity contribution >= 4 is 21.6 Å². The molecule has 0 spiro atoms. The number of hydrogen-bond acceptors (Lipinski definition) is 5. The number of halogens is 1. The van der Waals surface area contributed by atoms with Crippen LogP contribution in [-0.2, 0) is 10.0 Å². The fourth-order valence-electron chi connectivity index (χ4n) is 2.41. The van der Waals surface area contributed by atoms with Gasteiger partial charge in [0.25, 0.3) is 0 Å². The van der Waals surface area contributed by atoms with Crippen LogP contribution in [0.2, 0.25) is 5.02 Å². The Morgan fingerprint density at radius 3 is 2.79 bits per heavy atom. The smallest absolute Gasteiger partial charge is 0.243 e. The molecule has 6 nitrogen and oxygen atoms in total. The van der Waals surface area contributed by atoms with Gasteiger partial charge in [0.2, 0.25) is 15.9 Å². The van der Waals surface area contributed by atoms with Crippen molar-refractivity contribution in [1.29, 1.82) is 5.26 Å². The topological polar surface area (TPSA) is 83.3 Å². The minimum absolute atomic E-state index is 0.198. The molecule has 1 fully saturated rings. The number of sulfonamides is 1. The van der Waals surface area contributed by atoms with Gasteiger partial charge >= 0.3 is 0 Å². The predicted octanol–water partition coefficient (Wildman–Crippen LogP) is 2.37. The second-order valence-corrected chi connectivity index (χ2v) is 7.71. The Morgan fingerprint density at radius 2 is 2.08 bits per heavy atom. The van der Waals surface area contributed by atoms with E-state index in [2.05, 4.69) is 4.98 Å². The third kappa shape index (κ3) is 2.96. The summed E-state index contributed by atoms with van der Waals surface area (Å²) < 4.78 is 32.3. The van der Waals surface area contributed by atoms with Gasteiger partial charge in [-0.1, -0.05) is 17.7 Å². The standard InChI is InChI=1S/C16H14ClN3O3S/c1-11-14(17)5-2-6-15(11)24(21,22)20-9-13(10-20)23-16-12(8-18)4-3-7-19-16/h2-7,13H,9-10H2,1H3. The minimum atomic E-state index is -3.61. The number of nitrogens with zero attached hydrogens (tertiary/aromatic N) is 3. The number of benzene rings is 1. The Balaban J connectivity index is 1.72. The molecule has 24 heavy (non-hydrogen) atoms. The number of rotatable bonds is 4. The summed E-state index contributed by atoms with van der Waals surface area (Å²) in [6.07, 6.45) is 1.19. The molecule has 0 saturated carbocycles. The first-order valence-corrected chi connectivity index (χ1v) is 9.02. The molecule has 3 rings (SSSR count). The zero-order valence-electron chi connectivity index (χ0n) is 12.8. The molecule has 1 saturated heterocycles. The van der Waals surface area contributed by atoms with Crippen molar-refractivity contribution in [3.05, 3.63) is 52.7 Å². The van der Waals surface area contributed by atoms with Crippen LogP contribution in [0.4, 0.5) is 0 Å². The van der Waals surface area contributed by atoms with Gasteiger partial charge in [-0.05, 0) is 36.8 Å². The zero-order chi connectivity index (χ0) is 17.3. The highest BCUT2D eigenvalue weighted by Crippen LogP contribution is 2.29. The lowest BCUT2D eigenvalue weighted by molar-refractivity contribution is 0.0718. The highest BCUT2D eigenvalue weighted by Gasteiger charge is 2.39. The van der Waals surface area contributed by atoms with Gasteiger partial charge in [-0.3, -0.25) is 0 Å². The average Bonchev–Trinajstić information content (AvgIpc) is 2.53. The van der Waals surface area contributed by atoms with E-state index in [4.69, 9.17) is 21.6 Å². The van der Waals surface area contributed by atoms with Crippen molar-refractivity contribution in [3.63, 3.8) is 0 Å². The summed E-state index contributed by atoms with van der Waals surface area (Å²) in [6.45, 7) is 2.08. The zero-order valence-corrected chi connectivity index (χ0v) is 14.4. The fourth-order valence-corrected chi connectivity index (χ4v) is 4.39. The molecular formula is C16H14ClN3O3S. The molecule has 1 aliphatic heterocycles. The summed E-state index contributed by atoms with van der Waals surface area (Å²) in [5.74, 6) is 0.223. The molecule has 1 aliphatic rings. The van der Waals surface area contributed by atoms with E-state index in [1.165, 1.54) is 16.6 Å². The molecule has 2 aromatic rings.